The number of benzene rings is 2. The Labute approximate surface area is 165 Å². The molecule has 2 aromatic carbocycles. The molecule has 0 bridgehead atoms. The van der Waals surface area contributed by atoms with Crippen LogP contribution in [0.1, 0.15) is 13.8 Å². The summed E-state index contributed by atoms with van der Waals surface area (Å²) in [6.45, 7) is 8.72. The van der Waals surface area contributed by atoms with Crippen LogP contribution in [0.4, 0.5) is 0 Å². The maximum absolute atomic E-state index is 12.9. The molecule has 6 heteroatoms. The van der Waals surface area contributed by atoms with Crippen molar-refractivity contribution in [3.8, 4) is 11.5 Å². The number of hydrogen-bond donors (Lipinski definition) is 2. The van der Waals surface area contributed by atoms with Crippen LogP contribution in [0, 0.1) is 0 Å². The zero-order chi connectivity index (χ0) is 19.9. The second-order valence-corrected chi connectivity index (χ2v) is 6.65. The molecule has 0 saturated heterocycles. The van der Waals surface area contributed by atoms with Gasteiger partial charge in [-0.25, -0.2) is 0 Å². The summed E-state index contributed by atoms with van der Waals surface area (Å²) in [6.07, 6.45) is 0. The van der Waals surface area contributed by atoms with Gasteiger partial charge in [0.2, 0.25) is 0 Å². The molecule has 1 aromatic heterocycles. The monoisotopic (exact) mass is 383 g/mol. The summed E-state index contributed by atoms with van der Waals surface area (Å²) in [5.41, 5.74) is 1.73. The van der Waals surface area contributed by atoms with Gasteiger partial charge in [-0.15, -0.1) is 0 Å². The number of aromatic nitrogens is 1. The van der Waals surface area contributed by atoms with Gasteiger partial charge in [-0.1, -0.05) is 13.8 Å². The molecule has 0 amide bonds. The molecule has 0 radical (unpaired) electrons. The Kier molecular flexibility index (Phi) is 6.90. The predicted molar refractivity (Wildman–Crippen MR) is 115 cm³/mol. The van der Waals surface area contributed by atoms with Crippen molar-refractivity contribution in [2.45, 2.75) is 13.8 Å². The predicted octanol–water partition coefficient (Wildman–Crippen LogP) is 2.67. The van der Waals surface area contributed by atoms with E-state index in [1.807, 2.05) is 48.0 Å². The molecule has 1 heterocycles. The van der Waals surface area contributed by atoms with Crippen LogP contribution < -0.4 is 25.5 Å². The van der Waals surface area contributed by atoms with E-state index >= 15 is 0 Å². The lowest BCUT2D eigenvalue weighted by atomic mass is 10.1. The molecular weight excluding hydrogens is 354 g/mol. The summed E-state index contributed by atoms with van der Waals surface area (Å²) in [5, 5.41) is 7.84. The van der Waals surface area contributed by atoms with E-state index in [9.17, 15) is 4.79 Å². The van der Waals surface area contributed by atoms with Crippen LogP contribution in [0.3, 0.4) is 0 Å². The fraction of sp³-hybridized carbons (Fsp3) is 0.409. The lowest BCUT2D eigenvalue weighted by Gasteiger charge is -2.14. The molecule has 3 aromatic rings. The largest absolute Gasteiger partial charge is 0.492 e. The highest BCUT2D eigenvalue weighted by Crippen LogP contribution is 2.25. The third-order valence-electron chi connectivity index (χ3n) is 4.75. The van der Waals surface area contributed by atoms with E-state index in [0.29, 0.717) is 24.0 Å². The van der Waals surface area contributed by atoms with Crippen LogP contribution in [0.25, 0.3) is 21.8 Å². The molecule has 6 nitrogen and oxygen atoms in total. The molecule has 0 unspecified atom stereocenters. The van der Waals surface area contributed by atoms with Crippen molar-refractivity contribution >= 4 is 21.8 Å². The molecule has 0 saturated carbocycles. The second-order valence-electron chi connectivity index (χ2n) is 6.65. The van der Waals surface area contributed by atoms with Crippen molar-refractivity contribution in [1.29, 1.82) is 0 Å². The van der Waals surface area contributed by atoms with Gasteiger partial charge in [0.1, 0.15) is 24.7 Å². The SMILES string of the molecule is CCNCCOc1ccc2c(=O)c3ccc(OCCNCC)cc3n(C)c2c1. The van der Waals surface area contributed by atoms with Crippen molar-refractivity contribution in [3.05, 3.63) is 46.6 Å². The van der Waals surface area contributed by atoms with Crippen molar-refractivity contribution in [2.24, 2.45) is 7.05 Å². The topological polar surface area (TPSA) is 64.5 Å². The number of ether oxygens (including phenoxy) is 2. The van der Waals surface area contributed by atoms with E-state index in [1.54, 1.807) is 0 Å². The summed E-state index contributed by atoms with van der Waals surface area (Å²) < 4.78 is 13.7. The van der Waals surface area contributed by atoms with E-state index in [2.05, 4.69) is 24.5 Å². The molecule has 0 aliphatic carbocycles. The Morgan fingerprint density at radius 3 is 1.71 bits per heavy atom. The van der Waals surface area contributed by atoms with Crippen LogP contribution in [0.2, 0.25) is 0 Å². The molecule has 0 atom stereocenters. The van der Waals surface area contributed by atoms with Gasteiger partial charge < -0.3 is 24.7 Å². The van der Waals surface area contributed by atoms with Gasteiger partial charge in [-0.05, 0) is 37.4 Å². The normalized spacial score (nSPS) is 11.2. The lowest BCUT2D eigenvalue weighted by molar-refractivity contribution is 0.315. The first-order chi connectivity index (χ1) is 13.7. The fourth-order valence-corrected chi connectivity index (χ4v) is 3.25. The maximum Gasteiger partial charge on any atom is 0.197 e. The number of nitrogens with one attached hydrogen (secondary N) is 2. The minimum atomic E-state index is 0.0292. The van der Waals surface area contributed by atoms with Crippen LogP contribution in [0.5, 0.6) is 11.5 Å². The summed E-state index contributed by atoms with van der Waals surface area (Å²) in [4.78, 5) is 12.9. The van der Waals surface area contributed by atoms with Gasteiger partial charge in [0.25, 0.3) is 0 Å². The zero-order valence-corrected chi connectivity index (χ0v) is 16.9. The Bertz CT molecular complexity index is 922. The van der Waals surface area contributed by atoms with Gasteiger partial charge in [-0.2, -0.15) is 0 Å². The molecule has 150 valence electrons. The number of aryl methyl sites for hydroxylation is 1. The Balaban J connectivity index is 1.93. The number of rotatable bonds is 10. The smallest absolute Gasteiger partial charge is 0.197 e. The zero-order valence-electron chi connectivity index (χ0n) is 16.9. The summed E-state index contributed by atoms with van der Waals surface area (Å²) in [6, 6.07) is 11.3. The number of fused-ring (bicyclic) bond motifs is 2. The van der Waals surface area contributed by atoms with Crippen LogP contribution in [0.15, 0.2) is 41.2 Å². The number of hydrogen-bond acceptors (Lipinski definition) is 5. The molecule has 0 aliphatic heterocycles. The van der Waals surface area contributed by atoms with Gasteiger partial charge >= 0.3 is 0 Å². The molecule has 28 heavy (non-hydrogen) atoms. The lowest BCUT2D eigenvalue weighted by Crippen LogP contribution is -2.20. The van der Waals surface area contributed by atoms with Crippen molar-refractivity contribution in [1.82, 2.24) is 15.2 Å². The Morgan fingerprint density at radius 1 is 0.821 bits per heavy atom. The third kappa shape index (κ3) is 4.46. The summed E-state index contributed by atoms with van der Waals surface area (Å²) in [7, 11) is 1.97. The van der Waals surface area contributed by atoms with Gasteiger partial charge in [-0.3, -0.25) is 4.79 Å². The van der Waals surface area contributed by atoms with Gasteiger partial charge in [0, 0.05) is 43.0 Å². The van der Waals surface area contributed by atoms with E-state index < -0.39 is 0 Å². The average molecular weight is 383 g/mol. The molecule has 2 N–H and O–H groups in total. The highest BCUT2D eigenvalue weighted by atomic mass is 16.5. The fourth-order valence-electron chi connectivity index (χ4n) is 3.25. The first-order valence-electron chi connectivity index (χ1n) is 9.89. The summed E-state index contributed by atoms with van der Waals surface area (Å²) in [5.74, 6) is 1.52. The van der Waals surface area contributed by atoms with Crippen molar-refractivity contribution in [2.75, 3.05) is 39.4 Å². The summed E-state index contributed by atoms with van der Waals surface area (Å²) >= 11 is 0. The van der Waals surface area contributed by atoms with Gasteiger partial charge in [0.15, 0.2) is 5.43 Å². The van der Waals surface area contributed by atoms with E-state index in [0.717, 1.165) is 48.7 Å². The van der Waals surface area contributed by atoms with E-state index in [-0.39, 0.29) is 5.43 Å². The van der Waals surface area contributed by atoms with Crippen LogP contribution in [-0.4, -0.2) is 44.0 Å². The van der Waals surface area contributed by atoms with Crippen molar-refractivity contribution in [3.63, 3.8) is 0 Å². The highest BCUT2D eigenvalue weighted by molar-refractivity contribution is 5.94. The minimum Gasteiger partial charge on any atom is -0.492 e. The average Bonchev–Trinajstić information content (AvgIpc) is 2.72. The molecule has 0 spiro atoms. The first kappa shape index (κ1) is 20.2. The van der Waals surface area contributed by atoms with Crippen LogP contribution in [-0.2, 0) is 7.05 Å². The quantitative estimate of drug-likeness (QED) is 0.416. The molecular formula is C22H29N3O3. The number of pyridine rings is 1. The molecule has 3 rings (SSSR count). The molecule has 0 fully saturated rings. The van der Waals surface area contributed by atoms with E-state index in [4.69, 9.17) is 9.47 Å². The first-order valence-corrected chi connectivity index (χ1v) is 9.89. The van der Waals surface area contributed by atoms with E-state index in [1.165, 1.54) is 0 Å². The third-order valence-corrected chi connectivity index (χ3v) is 4.75. The Hall–Kier alpha value is -2.57. The second kappa shape index (κ2) is 9.57. The minimum absolute atomic E-state index is 0.0292. The Morgan fingerprint density at radius 2 is 1.29 bits per heavy atom. The van der Waals surface area contributed by atoms with Crippen molar-refractivity contribution < 1.29 is 9.47 Å². The number of likely N-dealkylation sites (N-methyl/N-ethyl adjacent to an activating group) is 2. The number of nitrogens with zero attached hydrogens (tertiary/aromatic N) is 1. The standard InChI is InChI=1S/C22H29N3O3/c1-4-23-10-12-27-16-6-8-18-20(14-16)25(3)21-15-17(28-13-11-24-5-2)7-9-19(21)22(18)26/h6-9,14-15,23-24H,4-5,10-13H2,1-3H3. The van der Waals surface area contributed by atoms with Crippen LogP contribution >= 0.6 is 0 Å². The molecule has 0 aliphatic rings. The van der Waals surface area contributed by atoms with Gasteiger partial charge in [0.05, 0.1) is 11.0 Å². The maximum atomic E-state index is 12.9. The highest BCUT2D eigenvalue weighted by Gasteiger charge is 2.11.